The molecule has 0 amide bonds. The van der Waals surface area contributed by atoms with Crippen LogP contribution in [-0.2, 0) is 0 Å². The molecule has 1 aromatic rings. The molecule has 0 saturated heterocycles. The Labute approximate surface area is 116 Å². The summed E-state index contributed by atoms with van der Waals surface area (Å²) in [4.78, 5) is 4.49. The number of rotatable bonds is 5. The van der Waals surface area contributed by atoms with Crippen molar-refractivity contribution in [3.63, 3.8) is 0 Å². The van der Waals surface area contributed by atoms with Gasteiger partial charge in [-0.1, -0.05) is 13.8 Å². The zero-order chi connectivity index (χ0) is 13.7. The van der Waals surface area contributed by atoms with Crippen LogP contribution in [0.5, 0.6) is 5.75 Å². The van der Waals surface area contributed by atoms with Gasteiger partial charge in [0.1, 0.15) is 5.75 Å². The summed E-state index contributed by atoms with van der Waals surface area (Å²) in [6.45, 7) is 7.53. The van der Waals surface area contributed by atoms with Crippen LogP contribution in [0.15, 0.2) is 18.3 Å². The Bertz CT molecular complexity index is 369. The van der Waals surface area contributed by atoms with Gasteiger partial charge in [0.2, 0.25) is 0 Å². The minimum Gasteiger partial charge on any atom is -0.489 e. The van der Waals surface area contributed by atoms with E-state index in [1.54, 1.807) is 0 Å². The van der Waals surface area contributed by atoms with E-state index in [2.05, 4.69) is 37.1 Å². The Morgan fingerprint density at radius 2 is 2.05 bits per heavy atom. The molecule has 3 nitrogen and oxygen atoms in total. The van der Waals surface area contributed by atoms with Crippen LogP contribution in [0.1, 0.15) is 58.2 Å². The summed E-state index contributed by atoms with van der Waals surface area (Å²) in [7, 11) is 0. The third-order valence-corrected chi connectivity index (χ3v) is 3.98. The molecule has 1 atom stereocenters. The van der Waals surface area contributed by atoms with Gasteiger partial charge in [0.25, 0.3) is 0 Å². The van der Waals surface area contributed by atoms with Crippen molar-refractivity contribution in [2.24, 2.45) is 5.92 Å². The Balaban J connectivity index is 1.88. The van der Waals surface area contributed by atoms with Crippen molar-refractivity contribution in [2.45, 2.75) is 58.6 Å². The lowest BCUT2D eigenvalue weighted by Crippen LogP contribution is -2.23. The van der Waals surface area contributed by atoms with Crippen LogP contribution in [0.3, 0.4) is 0 Å². The van der Waals surface area contributed by atoms with Crippen molar-refractivity contribution in [1.82, 2.24) is 10.3 Å². The molecule has 1 unspecified atom stereocenters. The third-order valence-electron chi connectivity index (χ3n) is 3.98. The highest BCUT2D eigenvalue weighted by Crippen LogP contribution is 2.27. The molecule has 1 heterocycles. The van der Waals surface area contributed by atoms with E-state index in [1.165, 1.54) is 25.7 Å². The van der Waals surface area contributed by atoms with E-state index in [0.29, 0.717) is 12.1 Å². The van der Waals surface area contributed by atoms with Crippen molar-refractivity contribution in [2.75, 3.05) is 6.54 Å². The van der Waals surface area contributed by atoms with Crippen LogP contribution in [0.2, 0.25) is 0 Å². The molecule has 0 aliphatic heterocycles. The van der Waals surface area contributed by atoms with E-state index in [4.69, 9.17) is 4.74 Å². The van der Waals surface area contributed by atoms with Crippen molar-refractivity contribution in [3.8, 4) is 5.75 Å². The van der Waals surface area contributed by atoms with Crippen LogP contribution in [0.4, 0.5) is 0 Å². The maximum Gasteiger partial charge on any atom is 0.138 e. The van der Waals surface area contributed by atoms with E-state index >= 15 is 0 Å². The fourth-order valence-corrected chi connectivity index (χ4v) is 2.67. The van der Waals surface area contributed by atoms with Gasteiger partial charge in [-0.2, -0.15) is 0 Å². The minimum atomic E-state index is 0.301. The van der Waals surface area contributed by atoms with Crippen molar-refractivity contribution < 1.29 is 4.74 Å². The Morgan fingerprint density at radius 1 is 1.32 bits per heavy atom. The molecule has 19 heavy (non-hydrogen) atoms. The first-order valence-electron chi connectivity index (χ1n) is 7.55. The summed E-state index contributed by atoms with van der Waals surface area (Å²) < 4.78 is 6.02. The molecule has 0 aromatic carbocycles. The molecule has 1 saturated carbocycles. The van der Waals surface area contributed by atoms with Crippen molar-refractivity contribution in [3.05, 3.63) is 24.0 Å². The Hall–Kier alpha value is -1.09. The number of pyridine rings is 1. The summed E-state index contributed by atoms with van der Waals surface area (Å²) >= 11 is 0. The maximum absolute atomic E-state index is 6.02. The smallest absolute Gasteiger partial charge is 0.138 e. The van der Waals surface area contributed by atoms with E-state index in [9.17, 15) is 0 Å². The topological polar surface area (TPSA) is 34.1 Å². The fourth-order valence-electron chi connectivity index (χ4n) is 2.67. The number of aromatic nitrogens is 1. The molecule has 106 valence electrons. The molecule has 1 aromatic heterocycles. The van der Waals surface area contributed by atoms with Gasteiger partial charge in [-0.25, -0.2) is 0 Å². The predicted octanol–water partition coefficient (Wildman–Crippen LogP) is 3.71. The largest absolute Gasteiger partial charge is 0.489 e. The van der Waals surface area contributed by atoms with Crippen LogP contribution in [-0.4, -0.2) is 17.6 Å². The highest BCUT2D eigenvalue weighted by Gasteiger charge is 2.19. The van der Waals surface area contributed by atoms with Crippen LogP contribution in [0.25, 0.3) is 0 Å². The number of hydrogen-bond donors (Lipinski definition) is 1. The average Bonchev–Trinajstić information content (AvgIpc) is 2.42. The van der Waals surface area contributed by atoms with Gasteiger partial charge in [0.15, 0.2) is 0 Å². The second-order valence-corrected chi connectivity index (χ2v) is 5.70. The zero-order valence-electron chi connectivity index (χ0n) is 12.4. The zero-order valence-corrected chi connectivity index (χ0v) is 12.4. The highest BCUT2D eigenvalue weighted by atomic mass is 16.5. The standard InChI is InChI=1S/C16H26N2O/c1-4-17-13(3)16-10-9-15(11-18-16)19-14-7-5-12(2)6-8-14/h9-14,17H,4-8H2,1-3H3. The van der Waals surface area contributed by atoms with E-state index in [0.717, 1.165) is 23.9 Å². The predicted molar refractivity (Wildman–Crippen MR) is 78.4 cm³/mol. The lowest BCUT2D eigenvalue weighted by atomic mass is 9.89. The van der Waals surface area contributed by atoms with Crippen LogP contribution < -0.4 is 10.1 Å². The summed E-state index contributed by atoms with van der Waals surface area (Å²) in [5.41, 5.74) is 1.08. The van der Waals surface area contributed by atoms with Crippen LogP contribution >= 0.6 is 0 Å². The maximum atomic E-state index is 6.02. The van der Waals surface area contributed by atoms with Crippen LogP contribution in [0, 0.1) is 5.92 Å². The van der Waals surface area contributed by atoms with E-state index in [-0.39, 0.29) is 0 Å². The SMILES string of the molecule is CCNC(C)c1ccc(OC2CCC(C)CC2)cn1. The highest BCUT2D eigenvalue weighted by molar-refractivity contribution is 5.21. The molecule has 0 radical (unpaired) electrons. The number of hydrogen-bond acceptors (Lipinski definition) is 3. The quantitative estimate of drug-likeness (QED) is 0.878. The van der Waals surface area contributed by atoms with Gasteiger partial charge in [0, 0.05) is 6.04 Å². The van der Waals surface area contributed by atoms with Gasteiger partial charge in [-0.15, -0.1) is 0 Å². The summed E-state index contributed by atoms with van der Waals surface area (Å²) in [6, 6.07) is 4.41. The molecule has 1 fully saturated rings. The van der Waals surface area contributed by atoms with Gasteiger partial charge in [-0.3, -0.25) is 4.98 Å². The summed E-state index contributed by atoms with van der Waals surface area (Å²) in [5, 5.41) is 3.36. The van der Waals surface area contributed by atoms with E-state index in [1.807, 2.05) is 12.3 Å². The lowest BCUT2D eigenvalue weighted by Gasteiger charge is -2.26. The Morgan fingerprint density at radius 3 is 2.63 bits per heavy atom. The third kappa shape index (κ3) is 4.20. The minimum absolute atomic E-state index is 0.301. The van der Waals surface area contributed by atoms with Crippen molar-refractivity contribution >= 4 is 0 Å². The molecule has 3 heteroatoms. The molecule has 1 N–H and O–H groups in total. The van der Waals surface area contributed by atoms with Gasteiger partial charge in [0.05, 0.1) is 18.0 Å². The van der Waals surface area contributed by atoms with E-state index < -0.39 is 0 Å². The van der Waals surface area contributed by atoms with Gasteiger partial charge >= 0.3 is 0 Å². The van der Waals surface area contributed by atoms with Gasteiger partial charge < -0.3 is 10.1 Å². The first kappa shape index (κ1) is 14.3. The summed E-state index contributed by atoms with van der Waals surface area (Å²) in [5.74, 6) is 1.77. The molecule has 1 aliphatic carbocycles. The molecule has 1 aliphatic rings. The lowest BCUT2D eigenvalue weighted by molar-refractivity contribution is 0.135. The first-order valence-corrected chi connectivity index (χ1v) is 7.55. The molecule has 2 rings (SSSR count). The first-order chi connectivity index (χ1) is 9.19. The second kappa shape index (κ2) is 6.90. The molecular weight excluding hydrogens is 236 g/mol. The molecule has 0 spiro atoms. The Kier molecular flexibility index (Phi) is 5.20. The average molecular weight is 262 g/mol. The summed E-state index contributed by atoms with van der Waals surface area (Å²) in [6.07, 6.45) is 7.17. The monoisotopic (exact) mass is 262 g/mol. The molecule has 0 bridgehead atoms. The number of ether oxygens (including phenoxy) is 1. The second-order valence-electron chi connectivity index (χ2n) is 5.70. The van der Waals surface area contributed by atoms with Gasteiger partial charge in [-0.05, 0) is 57.2 Å². The van der Waals surface area contributed by atoms with Crippen molar-refractivity contribution in [1.29, 1.82) is 0 Å². The number of nitrogens with one attached hydrogen (secondary N) is 1. The molecular formula is C16H26N2O. The number of nitrogens with zero attached hydrogens (tertiary/aromatic N) is 1. The fraction of sp³-hybridized carbons (Fsp3) is 0.688. The normalized spacial score (nSPS) is 25.0.